The Bertz CT molecular complexity index is 1120. The van der Waals surface area contributed by atoms with Crippen LogP contribution in [0.15, 0.2) is 54.6 Å². The standard InChI is InChI=1S/C25H35N5O4S2.H2/c1-3-15-36(33,34)30-22(16-18-7-5-4-6-8-18)25(32)29-21(13-14-35-2)24(31)28-17-19-9-11-20(12-10-19)23(26)27;/h4-12,21-22,30H,3,13-17H2,1-2H3,(H3,26,27)(H,28,31)(H,29,32);1H/t21-,22+;/m0./s1. The van der Waals surface area contributed by atoms with E-state index in [0.29, 0.717) is 24.2 Å². The number of nitrogen functional groups attached to an aromatic ring is 1. The summed E-state index contributed by atoms with van der Waals surface area (Å²) in [5.74, 6) is -0.403. The summed E-state index contributed by atoms with van der Waals surface area (Å²) in [7, 11) is -3.66. The molecule has 6 N–H and O–H groups in total. The number of sulfonamides is 1. The zero-order valence-electron chi connectivity index (χ0n) is 20.6. The van der Waals surface area contributed by atoms with E-state index >= 15 is 0 Å². The second kappa shape index (κ2) is 14.6. The summed E-state index contributed by atoms with van der Waals surface area (Å²) < 4.78 is 27.4. The van der Waals surface area contributed by atoms with Crippen molar-refractivity contribution in [2.24, 2.45) is 5.73 Å². The van der Waals surface area contributed by atoms with Gasteiger partial charge in [0.15, 0.2) is 0 Å². The Balaban J connectivity index is 0.00000684. The Morgan fingerprint density at radius 2 is 1.69 bits per heavy atom. The first-order valence-corrected chi connectivity index (χ1v) is 14.7. The molecule has 0 spiro atoms. The fourth-order valence-electron chi connectivity index (χ4n) is 3.47. The predicted octanol–water partition coefficient (Wildman–Crippen LogP) is 2.01. The minimum Gasteiger partial charge on any atom is -0.384 e. The molecule has 0 bridgehead atoms. The normalized spacial score (nSPS) is 12.9. The van der Waals surface area contributed by atoms with E-state index in [1.54, 1.807) is 43.0 Å². The topological polar surface area (TPSA) is 154 Å². The van der Waals surface area contributed by atoms with Gasteiger partial charge in [-0.1, -0.05) is 61.5 Å². The minimum atomic E-state index is -3.66. The van der Waals surface area contributed by atoms with Gasteiger partial charge in [-0.3, -0.25) is 15.0 Å². The second-order valence-corrected chi connectivity index (χ2v) is 11.2. The third-order valence-electron chi connectivity index (χ3n) is 5.37. The van der Waals surface area contributed by atoms with Crippen molar-refractivity contribution < 1.29 is 19.4 Å². The molecule has 0 aromatic heterocycles. The molecule has 0 aliphatic carbocycles. The van der Waals surface area contributed by atoms with E-state index in [1.165, 1.54) is 0 Å². The van der Waals surface area contributed by atoms with Gasteiger partial charge in [0.1, 0.15) is 17.9 Å². The number of carbonyl (C=O) groups is 2. The number of benzene rings is 2. The van der Waals surface area contributed by atoms with E-state index in [2.05, 4.69) is 15.4 Å². The molecule has 36 heavy (non-hydrogen) atoms. The van der Waals surface area contributed by atoms with Crippen LogP contribution in [0, 0.1) is 5.41 Å². The molecule has 0 saturated heterocycles. The lowest BCUT2D eigenvalue weighted by molar-refractivity contribution is -0.129. The van der Waals surface area contributed by atoms with Crippen molar-refractivity contribution in [3.8, 4) is 0 Å². The van der Waals surface area contributed by atoms with Gasteiger partial charge in [-0.2, -0.15) is 11.8 Å². The van der Waals surface area contributed by atoms with Crippen molar-refractivity contribution in [2.45, 2.75) is 44.8 Å². The minimum absolute atomic E-state index is 0. The molecule has 0 radical (unpaired) electrons. The van der Waals surface area contributed by atoms with Gasteiger partial charge in [0.05, 0.1) is 5.75 Å². The maximum absolute atomic E-state index is 13.2. The molecule has 9 nitrogen and oxygen atoms in total. The molecular weight excluding hydrogens is 498 g/mol. The number of thioether (sulfide) groups is 1. The molecule has 198 valence electrons. The fraction of sp³-hybridized carbons (Fsp3) is 0.400. The van der Waals surface area contributed by atoms with Gasteiger partial charge < -0.3 is 16.4 Å². The molecule has 0 aliphatic heterocycles. The van der Waals surface area contributed by atoms with Crippen molar-refractivity contribution in [3.05, 3.63) is 71.3 Å². The summed E-state index contributed by atoms with van der Waals surface area (Å²) in [6.07, 6.45) is 2.88. The SMILES string of the molecule is CCCS(=O)(=O)N[C@H](Cc1ccccc1)C(=O)N[C@@H](CCSC)C(=O)NCc1ccc(C(=N)N)cc1.[HH]. The molecule has 0 heterocycles. The fourth-order valence-corrected chi connectivity index (χ4v) is 5.22. The van der Waals surface area contributed by atoms with Crippen LogP contribution in [0.3, 0.4) is 0 Å². The molecule has 0 fully saturated rings. The number of hydrogen-bond acceptors (Lipinski definition) is 6. The molecule has 2 amide bonds. The zero-order valence-corrected chi connectivity index (χ0v) is 22.3. The maximum atomic E-state index is 13.2. The molecular formula is C25H37N5O4S2. The lowest BCUT2D eigenvalue weighted by atomic mass is 10.1. The molecule has 2 atom stereocenters. The van der Waals surface area contributed by atoms with Crippen LogP contribution in [0.1, 0.15) is 37.9 Å². The predicted molar refractivity (Wildman–Crippen MR) is 147 cm³/mol. The molecule has 2 rings (SSSR count). The van der Waals surface area contributed by atoms with Crippen molar-refractivity contribution in [3.63, 3.8) is 0 Å². The summed E-state index contributed by atoms with van der Waals surface area (Å²) in [5.41, 5.74) is 7.68. The van der Waals surface area contributed by atoms with Gasteiger partial charge in [-0.05, 0) is 42.4 Å². The van der Waals surface area contributed by atoms with E-state index in [0.717, 1.165) is 11.1 Å². The van der Waals surface area contributed by atoms with E-state index in [4.69, 9.17) is 11.1 Å². The molecule has 0 aliphatic rings. The highest BCUT2D eigenvalue weighted by atomic mass is 32.2. The first-order chi connectivity index (χ1) is 17.1. The van der Waals surface area contributed by atoms with Crippen LogP contribution in [0.5, 0.6) is 0 Å². The van der Waals surface area contributed by atoms with Crippen LogP contribution in [-0.2, 0) is 32.6 Å². The van der Waals surface area contributed by atoms with Crippen molar-refractivity contribution >= 4 is 39.4 Å². The number of carbonyl (C=O) groups excluding carboxylic acids is 2. The van der Waals surface area contributed by atoms with Crippen LogP contribution < -0.4 is 21.1 Å². The molecule has 0 saturated carbocycles. The van der Waals surface area contributed by atoms with E-state index < -0.39 is 28.0 Å². The first-order valence-electron chi connectivity index (χ1n) is 11.7. The number of rotatable bonds is 15. The van der Waals surface area contributed by atoms with Crippen LogP contribution in [0.25, 0.3) is 0 Å². The van der Waals surface area contributed by atoms with Gasteiger partial charge in [0.25, 0.3) is 0 Å². The number of nitrogens with two attached hydrogens (primary N) is 1. The van der Waals surface area contributed by atoms with Crippen LogP contribution >= 0.6 is 11.8 Å². The van der Waals surface area contributed by atoms with Crippen LogP contribution in [-0.4, -0.2) is 55.9 Å². The van der Waals surface area contributed by atoms with Gasteiger partial charge in [0, 0.05) is 13.5 Å². The summed E-state index contributed by atoms with van der Waals surface area (Å²) in [5, 5.41) is 13.1. The largest absolute Gasteiger partial charge is 0.384 e. The Kier molecular flexibility index (Phi) is 11.9. The lowest BCUT2D eigenvalue weighted by Gasteiger charge is -2.23. The van der Waals surface area contributed by atoms with E-state index in [9.17, 15) is 18.0 Å². The maximum Gasteiger partial charge on any atom is 0.242 e. The van der Waals surface area contributed by atoms with Gasteiger partial charge in [0.2, 0.25) is 21.8 Å². The lowest BCUT2D eigenvalue weighted by Crippen LogP contribution is -2.54. The average Bonchev–Trinajstić information content (AvgIpc) is 2.85. The second-order valence-electron chi connectivity index (χ2n) is 8.35. The Labute approximate surface area is 219 Å². The molecule has 0 unspecified atom stereocenters. The number of nitrogens with one attached hydrogen (secondary N) is 4. The summed E-state index contributed by atoms with van der Waals surface area (Å²) >= 11 is 1.55. The highest BCUT2D eigenvalue weighted by molar-refractivity contribution is 7.98. The first kappa shape index (κ1) is 29.3. The smallest absolute Gasteiger partial charge is 0.242 e. The van der Waals surface area contributed by atoms with Crippen LogP contribution in [0.4, 0.5) is 0 Å². The Morgan fingerprint density at radius 3 is 2.28 bits per heavy atom. The summed E-state index contributed by atoms with van der Waals surface area (Å²) in [4.78, 5) is 26.2. The highest BCUT2D eigenvalue weighted by Crippen LogP contribution is 2.09. The third kappa shape index (κ3) is 10.00. The van der Waals surface area contributed by atoms with Gasteiger partial charge in [-0.15, -0.1) is 0 Å². The van der Waals surface area contributed by atoms with Crippen molar-refractivity contribution in [1.82, 2.24) is 15.4 Å². The number of amidine groups is 1. The number of hydrogen-bond donors (Lipinski definition) is 5. The van der Waals surface area contributed by atoms with Crippen molar-refractivity contribution in [2.75, 3.05) is 17.8 Å². The van der Waals surface area contributed by atoms with Crippen LogP contribution in [0.2, 0.25) is 0 Å². The highest BCUT2D eigenvalue weighted by Gasteiger charge is 2.28. The molecule has 11 heteroatoms. The van der Waals surface area contributed by atoms with Gasteiger partial charge in [-0.25, -0.2) is 13.1 Å². The molecule has 2 aromatic carbocycles. The van der Waals surface area contributed by atoms with Crippen molar-refractivity contribution in [1.29, 1.82) is 5.41 Å². The number of amides is 2. The van der Waals surface area contributed by atoms with Gasteiger partial charge >= 0.3 is 0 Å². The Hall–Kier alpha value is -2.89. The quantitative estimate of drug-likeness (QED) is 0.174. The summed E-state index contributed by atoms with van der Waals surface area (Å²) in [6.45, 7) is 1.99. The van der Waals surface area contributed by atoms with E-state index in [-0.39, 0.29) is 31.9 Å². The third-order valence-corrected chi connectivity index (χ3v) is 7.60. The Morgan fingerprint density at radius 1 is 1.03 bits per heavy atom. The summed E-state index contributed by atoms with van der Waals surface area (Å²) in [6, 6.07) is 14.2. The van der Waals surface area contributed by atoms with E-state index in [1.807, 2.05) is 36.6 Å². The average molecular weight is 536 g/mol. The zero-order chi connectivity index (χ0) is 26.6. The molecule has 2 aromatic rings. The monoisotopic (exact) mass is 535 g/mol.